The molecule has 10 heteroatoms. The monoisotopic (exact) mass is 559 g/mol. The first-order valence-electron chi connectivity index (χ1n) is 10.4. The van der Waals surface area contributed by atoms with Crippen molar-refractivity contribution in [1.29, 1.82) is 0 Å². The van der Waals surface area contributed by atoms with Crippen LogP contribution in [0.25, 0.3) is 0 Å². The minimum Gasteiger partial charge on any atom is -0.489 e. The van der Waals surface area contributed by atoms with E-state index in [0.29, 0.717) is 38.0 Å². The van der Waals surface area contributed by atoms with Crippen molar-refractivity contribution in [2.45, 2.75) is 38.5 Å². The van der Waals surface area contributed by atoms with Gasteiger partial charge >= 0.3 is 6.18 Å². The Kier molecular flexibility index (Phi) is 13.2. The van der Waals surface area contributed by atoms with Crippen molar-refractivity contribution in [2.75, 3.05) is 46.6 Å². The van der Waals surface area contributed by atoms with Crippen LogP contribution in [0.5, 0.6) is 5.75 Å². The highest BCUT2D eigenvalue weighted by molar-refractivity contribution is 14.0. The molecule has 0 spiro atoms. The number of ether oxygens (including phenoxy) is 3. The topological polar surface area (TPSA) is 64.1 Å². The van der Waals surface area contributed by atoms with E-state index in [-0.39, 0.29) is 35.8 Å². The molecule has 1 aliphatic heterocycles. The fourth-order valence-corrected chi connectivity index (χ4v) is 2.98. The van der Waals surface area contributed by atoms with Crippen LogP contribution in [0.4, 0.5) is 13.2 Å². The van der Waals surface area contributed by atoms with Crippen molar-refractivity contribution in [1.82, 2.24) is 10.6 Å². The van der Waals surface area contributed by atoms with Crippen LogP contribution in [-0.2, 0) is 15.7 Å². The third-order valence-corrected chi connectivity index (χ3v) is 4.78. The van der Waals surface area contributed by atoms with Crippen molar-refractivity contribution >= 4 is 29.9 Å². The molecule has 2 atom stereocenters. The van der Waals surface area contributed by atoms with Gasteiger partial charge in [-0.05, 0) is 37.5 Å². The highest BCUT2D eigenvalue weighted by Gasteiger charge is 2.30. The Labute approximate surface area is 199 Å². The summed E-state index contributed by atoms with van der Waals surface area (Å²) >= 11 is 0. The molecule has 0 amide bonds. The van der Waals surface area contributed by atoms with Crippen molar-refractivity contribution in [3.8, 4) is 5.75 Å². The lowest BCUT2D eigenvalue weighted by Crippen LogP contribution is -2.42. The molecule has 2 unspecified atom stereocenters. The molecule has 1 aliphatic rings. The number of alkyl halides is 3. The lowest BCUT2D eigenvalue weighted by molar-refractivity contribution is -0.137. The Morgan fingerprint density at radius 1 is 1.32 bits per heavy atom. The van der Waals surface area contributed by atoms with Crippen LogP contribution in [0.3, 0.4) is 0 Å². The average Bonchev–Trinajstić information content (AvgIpc) is 3.24. The van der Waals surface area contributed by atoms with Crippen LogP contribution in [0, 0.1) is 5.92 Å². The van der Waals surface area contributed by atoms with E-state index in [9.17, 15) is 13.2 Å². The summed E-state index contributed by atoms with van der Waals surface area (Å²) in [6, 6.07) is 4.93. The Balaban J connectivity index is 0.00000480. The van der Waals surface area contributed by atoms with E-state index >= 15 is 0 Å². The normalized spacial score (nSPS) is 17.7. The van der Waals surface area contributed by atoms with E-state index in [1.54, 1.807) is 7.05 Å². The summed E-state index contributed by atoms with van der Waals surface area (Å²) in [7, 11) is 1.67. The average molecular weight is 559 g/mol. The van der Waals surface area contributed by atoms with Crippen LogP contribution in [0.1, 0.15) is 31.7 Å². The molecule has 2 N–H and O–H groups in total. The summed E-state index contributed by atoms with van der Waals surface area (Å²) in [6.45, 7) is 6.05. The molecule has 0 aromatic heterocycles. The van der Waals surface area contributed by atoms with Crippen LogP contribution in [0.2, 0.25) is 0 Å². The smallest absolute Gasteiger partial charge is 0.416 e. The molecule has 0 bridgehead atoms. The summed E-state index contributed by atoms with van der Waals surface area (Å²) in [6.07, 6.45) is -2.13. The number of nitrogens with one attached hydrogen (secondary N) is 2. The molecular formula is C21H33F3IN3O3. The second kappa shape index (κ2) is 14.7. The van der Waals surface area contributed by atoms with Gasteiger partial charge in [-0.3, -0.25) is 4.99 Å². The number of hydrogen-bond acceptors (Lipinski definition) is 4. The quantitative estimate of drug-likeness (QED) is 0.185. The van der Waals surface area contributed by atoms with E-state index in [2.05, 4.69) is 15.6 Å². The predicted molar refractivity (Wildman–Crippen MR) is 125 cm³/mol. The fourth-order valence-electron chi connectivity index (χ4n) is 2.98. The zero-order valence-electron chi connectivity index (χ0n) is 18.0. The highest BCUT2D eigenvalue weighted by atomic mass is 127. The molecule has 0 aliphatic carbocycles. The third kappa shape index (κ3) is 10.7. The maximum Gasteiger partial charge on any atom is 0.416 e. The van der Waals surface area contributed by atoms with Crippen LogP contribution in [-0.4, -0.2) is 58.6 Å². The number of nitrogens with zero attached hydrogens (tertiary/aromatic N) is 1. The number of rotatable bonds is 11. The van der Waals surface area contributed by atoms with Crippen LogP contribution < -0.4 is 15.4 Å². The van der Waals surface area contributed by atoms with Crippen LogP contribution in [0.15, 0.2) is 29.3 Å². The minimum absolute atomic E-state index is 0. The summed E-state index contributed by atoms with van der Waals surface area (Å²) in [5.41, 5.74) is -0.719. The summed E-state index contributed by atoms with van der Waals surface area (Å²) in [5, 5.41) is 6.36. The fraction of sp³-hybridized carbons (Fsp3) is 0.667. The van der Waals surface area contributed by atoms with Crippen molar-refractivity contribution < 1.29 is 27.4 Å². The van der Waals surface area contributed by atoms with Gasteiger partial charge in [0.1, 0.15) is 11.9 Å². The molecule has 31 heavy (non-hydrogen) atoms. The molecule has 1 heterocycles. The minimum atomic E-state index is -4.39. The molecule has 2 rings (SSSR count). The second-order valence-corrected chi connectivity index (χ2v) is 7.21. The van der Waals surface area contributed by atoms with Crippen molar-refractivity contribution in [3.63, 3.8) is 0 Å². The molecule has 1 saturated heterocycles. The first-order valence-corrected chi connectivity index (χ1v) is 10.4. The predicted octanol–water partition coefficient (Wildman–Crippen LogP) is 4.09. The van der Waals surface area contributed by atoms with Gasteiger partial charge in [-0.2, -0.15) is 13.2 Å². The van der Waals surface area contributed by atoms with Gasteiger partial charge in [0.15, 0.2) is 5.96 Å². The number of aliphatic imine (C=N–C) groups is 1. The van der Waals surface area contributed by atoms with Crippen molar-refractivity contribution in [3.05, 3.63) is 29.8 Å². The van der Waals surface area contributed by atoms with Gasteiger partial charge in [-0.25, -0.2) is 0 Å². The van der Waals surface area contributed by atoms with E-state index in [1.807, 2.05) is 6.92 Å². The summed E-state index contributed by atoms with van der Waals surface area (Å²) in [5.74, 6) is 1.33. The molecular weight excluding hydrogens is 526 g/mol. The maximum absolute atomic E-state index is 12.9. The van der Waals surface area contributed by atoms with Crippen LogP contribution >= 0.6 is 24.0 Å². The summed E-state index contributed by atoms with van der Waals surface area (Å²) < 4.78 is 55.3. The molecule has 0 saturated carbocycles. The SMILES string of the molecule is CCC(CNC(=NC)NCCCOCC1CCOC1)Oc1cccc(C(F)(F)F)c1.I. The third-order valence-electron chi connectivity index (χ3n) is 4.78. The van der Waals surface area contributed by atoms with E-state index in [4.69, 9.17) is 14.2 Å². The Morgan fingerprint density at radius 2 is 2.13 bits per heavy atom. The largest absolute Gasteiger partial charge is 0.489 e. The van der Waals surface area contributed by atoms with Gasteiger partial charge in [0.2, 0.25) is 0 Å². The van der Waals surface area contributed by atoms with Gasteiger partial charge in [0, 0.05) is 32.7 Å². The number of guanidine groups is 1. The van der Waals surface area contributed by atoms with Gasteiger partial charge in [-0.1, -0.05) is 13.0 Å². The Morgan fingerprint density at radius 3 is 2.77 bits per heavy atom. The maximum atomic E-state index is 12.9. The first kappa shape index (κ1) is 27.8. The second-order valence-electron chi connectivity index (χ2n) is 7.21. The molecule has 0 radical (unpaired) electrons. The lowest BCUT2D eigenvalue weighted by Gasteiger charge is -2.20. The summed E-state index contributed by atoms with van der Waals surface area (Å²) in [4.78, 5) is 4.16. The van der Waals surface area contributed by atoms with E-state index in [1.165, 1.54) is 12.1 Å². The Hall–Kier alpha value is -1.27. The number of halogens is 4. The zero-order chi connectivity index (χ0) is 21.8. The number of benzene rings is 1. The molecule has 1 aromatic rings. The van der Waals surface area contributed by atoms with E-state index in [0.717, 1.165) is 44.8 Å². The molecule has 6 nitrogen and oxygen atoms in total. The highest BCUT2D eigenvalue weighted by Crippen LogP contribution is 2.31. The van der Waals surface area contributed by atoms with Crippen molar-refractivity contribution in [2.24, 2.45) is 10.9 Å². The molecule has 1 aromatic carbocycles. The zero-order valence-corrected chi connectivity index (χ0v) is 20.4. The lowest BCUT2D eigenvalue weighted by atomic mass is 10.1. The Bertz CT molecular complexity index is 656. The first-order chi connectivity index (χ1) is 14.4. The van der Waals surface area contributed by atoms with Gasteiger partial charge in [0.25, 0.3) is 0 Å². The van der Waals surface area contributed by atoms with Gasteiger partial charge < -0.3 is 24.8 Å². The van der Waals surface area contributed by atoms with Gasteiger partial charge in [-0.15, -0.1) is 24.0 Å². The molecule has 1 fully saturated rings. The van der Waals surface area contributed by atoms with E-state index < -0.39 is 11.7 Å². The molecule has 178 valence electrons. The standard InChI is InChI=1S/C21H32F3N3O3.HI/c1-3-18(30-19-7-4-6-17(12-19)21(22,23)24)13-27-20(25-2)26-9-5-10-28-14-16-8-11-29-15-16;/h4,6-7,12,16,18H,3,5,8-11,13-15H2,1-2H3,(H2,25,26,27);1H. The number of hydrogen-bond donors (Lipinski definition) is 2. The van der Waals surface area contributed by atoms with Gasteiger partial charge in [0.05, 0.1) is 25.3 Å².